The number of nitrogens with zero attached hydrogens (tertiary/aromatic N) is 1. The highest BCUT2D eigenvalue weighted by Gasteiger charge is 2.23. The molecule has 10 aromatic carbocycles. The first-order valence-electron chi connectivity index (χ1n) is 20.5. The van der Waals surface area contributed by atoms with Gasteiger partial charge in [-0.15, -0.1) is 0 Å². The number of para-hydroxylation sites is 1. The van der Waals surface area contributed by atoms with Gasteiger partial charge in [-0.1, -0.05) is 200 Å². The van der Waals surface area contributed by atoms with Crippen LogP contribution >= 0.6 is 0 Å². The first-order chi connectivity index (χ1) is 29.8. The Morgan fingerprint density at radius 1 is 0.283 bits per heavy atom. The number of anilines is 3. The number of hydrogen-bond donors (Lipinski definition) is 0. The summed E-state index contributed by atoms with van der Waals surface area (Å²) < 4.78 is 6.90. The lowest BCUT2D eigenvalue weighted by Gasteiger charge is -2.28. The second-order valence-corrected chi connectivity index (χ2v) is 15.3. The van der Waals surface area contributed by atoms with E-state index in [1.54, 1.807) is 0 Å². The Morgan fingerprint density at radius 2 is 0.717 bits per heavy atom. The molecule has 0 unspecified atom stereocenters. The van der Waals surface area contributed by atoms with E-state index in [4.69, 9.17) is 4.42 Å². The fraction of sp³-hybridized carbons (Fsp3) is 0. The molecule has 0 radical (unpaired) electrons. The molecule has 282 valence electrons. The maximum absolute atomic E-state index is 6.90. The molecule has 0 bridgehead atoms. The van der Waals surface area contributed by atoms with Crippen LogP contribution in [0.4, 0.5) is 17.1 Å². The predicted octanol–water partition coefficient (Wildman–Crippen LogP) is 16.5. The van der Waals surface area contributed by atoms with Crippen LogP contribution in [0.15, 0.2) is 241 Å². The topological polar surface area (TPSA) is 16.4 Å². The number of hydrogen-bond acceptors (Lipinski definition) is 2. The normalized spacial score (nSPS) is 11.3. The standard InChI is InChI=1S/C58H39NO/c1-4-15-40(16-5-1)42-27-29-44(30-28-42)45-35-37-48(38-36-45)59(54-24-13-12-21-49(54)46-19-8-3-9-20-46)55-25-14-26-56-57(55)53-39-52(50-22-10-11-23-51(50)58(53)60-56)47-33-31-43(32-34-47)41-17-6-2-7-18-41/h1-39H. The maximum atomic E-state index is 6.90. The van der Waals surface area contributed by atoms with Crippen LogP contribution in [0.5, 0.6) is 0 Å². The van der Waals surface area contributed by atoms with Crippen molar-refractivity contribution < 1.29 is 4.42 Å². The van der Waals surface area contributed by atoms with E-state index in [1.807, 2.05) is 0 Å². The predicted molar refractivity (Wildman–Crippen MR) is 253 cm³/mol. The summed E-state index contributed by atoms with van der Waals surface area (Å²) in [7, 11) is 0. The molecule has 0 spiro atoms. The zero-order valence-corrected chi connectivity index (χ0v) is 32.9. The van der Waals surface area contributed by atoms with E-state index in [0.717, 1.165) is 66.5 Å². The minimum atomic E-state index is 0.849. The van der Waals surface area contributed by atoms with Gasteiger partial charge in [0.2, 0.25) is 0 Å². The number of furan rings is 1. The summed E-state index contributed by atoms with van der Waals surface area (Å²) >= 11 is 0. The van der Waals surface area contributed by atoms with E-state index in [0.29, 0.717) is 0 Å². The fourth-order valence-electron chi connectivity index (χ4n) is 8.75. The number of rotatable bonds is 8. The molecule has 11 aromatic rings. The van der Waals surface area contributed by atoms with Gasteiger partial charge in [0.05, 0.1) is 16.8 Å². The van der Waals surface area contributed by atoms with Crippen LogP contribution in [-0.2, 0) is 0 Å². The summed E-state index contributed by atoms with van der Waals surface area (Å²) in [5, 5.41) is 4.41. The molecule has 0 N–H and O–H groups in total. The highest BCUT2D eigenvalue weighted by atomic mass is 16.3. The molecule has 2 nitrogen and oxygen atoms in total. The Morgan fingerprint density at radius 3 is 1.32 bits per heavy atom. The van der Waals surface area contributed by atoms with Gasteiger partial charge in [0.1, 0.15) is 11.2 Å². The van der Waals surface area contributed by atoms with Gasteiger partial charge in [0.15, 0.2) is 0 Å². The average Bonchev–Trinajstić information content (AvgIpc) is 3.72. The molecule has 2 heteroatoms. The molecule has 0 saturated carbocycles. The van der Waals surface area contributed by atoms with E-state index in [1.165, 1.54) is 38.9 Å². The number of benzene rings is 10. The molecule has 1 heterocycles. The lowest BCUT2D eigenvalue weighted by molar-refractivity contribution is 0.672. The van der Waals surface area contributed by atoms with Crippen LogP contribution in [0.1, 0.15) is 0 Å². The molecule has 0 fully saturated rings. The molecule has 60 heavy (non-hydrogen) atoms. The van der Waals surface area contributed by atoms with Gasteiger partial charge in [-0.2, -0.15) is 0 Å². The maximum Gasteiger partial charge on any atom is 0.143 e. The minimum Gasteiger partial charge on any atom is -0.455 e. The third kappa shape index (κ3) is 6.32. The minimum absolute atomic E-state index is 0.849. The summed E-state index contributed by atoms with van der Waals surface area (Å²) in [6, 6.07) is 84.7. The fourth-order valence-corrected chi connectivity index (χ4v) is 8.75. The molecule has 1 aromatic heterocycles. The van der Waals surface area contributed by atoms with E-state index in [9.17, 15) is 0 Å². The first-order valence-corrected chi connectivity index (χ1v) is 20.5. The number of fused-ring (bicyclic) bond motifs is 5. The van der Waals surface area contributed by atoms with Crippen molar-refractivity contribution in [1.29, 1.82) is 0 Å². The largest absolute Gasteiger partial charge is 0.455 e. The second-order valence-electron chi connectivity index (χ2n) is 15.3. The third-order valence-corrected chi connectivity index (χ3v) is 11.7. The van der Waals surface area contributed by atoms with Gasteiger partial charge >= 0.3 is 0 Å². The Bertz CT molecular complexity index is 3260. The van der Waals surface area contributed by atoms with E-state index < -0.39 is 0 Å². The summed E-state index contributed by atoms with van der Waals surface area (Å²) in [4.78, 5) is 2.41. The van der Waals surface area contributed by atoms with E-state index in [-0.39, 0.29) is 0 Å². The van der Waals surface area contributed by atoms with Crippen LogP contribution in [0.25, 0.3) is 88.3 Å². The Hall–Kier alpha value is -7.94. The van der Waals surface area contributed by atoms with E-state index in [2.05, 4.69) is 241 Å². The first kappa shape index (κ1) is 35.2. The van der Waals surface area contributed by atoms with Crippen LogP contribution in [0, 0.1) is 0 Å². The zero-order valence-electron chi connectivity index (χ0n) is 32.9. The van der Waals surface area contributed by atoms with Gasteiger partial charge < -0.3 is 9.32 Å². The monoisotopic (exact) mass is 765 g/mol. The van der Waals surface area contributed by atoms with Crippen LogP contribution in [-0.4, -0.2) is 0 Å². The Balaban J connectivity index is 1.09. The smallest absolute Gasteiger partial charge is 0.143 e. The highest BCUT2D eigenvalue weighted by Crippen LogP contribution is 2.48. The van der Waals surface area contributed by atoms with Crippen LogP contribution < -0.4 is 4.90 Å². The lowest BCUT2D eigenvalue weighted by atomic mass is 9.93. The van der Waals surface area contributed by atoms with Crippen molar-refractivity contribution in [3.8, 4) is 55.6 Å². The highest BCUT2D eigenvalue weighted by molar-refractivity contribution is 6.22. The SMILES string of the molecule is c1ccc(-c2ccc(-c3ccc(N(c4ccccc4-c4ccccc4)c4cccc5oc6c7ccccc7c(-c7ccc(-c8ccccc8)cc7)cc6c45)cc3)cc2)cc1. The van der Waals surface area contributed by atoms with Crippen molar-refractivity contribution in [2.75, 3.05) is 4.90 Å². The molecule has 0 aliphatic carbocycles. The van der Waals surface area contributed by atoms with Gasteiger partial charge in [-0.25, -0.2) is 0 Å². The molecule has 0 saturated heterocycles. The van der Waals surface area contributed by atoms with Gasteiger partial charge in [-0.3, -0.25) is 0 Å². The van der Waals surface area contributed by atoms with Gasteiger partial charge in [0.25, 0.3) is 0 Å². The lowest BCUT2D eigenvalue weighted by Crippen LogP contribution is -2.11. The van der Waals surface area contributed by atoms with Crippen molar-refractivity contribution >= 4 is 49.8 Å². The molecule has 11 rings (SSSR count). The molecule has 0 aliphatic heterocycles. The molecular weight excluding hydrogens is 727 g/mol. The third-order valence-electron chi connectivity index (χ3n) is 11.7. The summed E-state index contributed by atoms with van der Waals surface area (Å²) in [5.41, 5.74) is 16.8. The van der Waals surface area contributed by atoms with Crippen molar-refractivity contribution in [3.05, 3.63) is 237 Å². The molecule has 0 atom stereocenters. The molecule has 0 aliphatic rings. The van der Waals surface area contributed by atoms with Gasteiger partial charge in [0, 0.05) is 22.0 Å². The summed E-state index contributed by atoms with van der Waals surface area (Å²) in [5.74, 6) is 0. The second kappa shape index (κ2) is 15.1. The Kier molecular flexibility index (Phi) is 8.87. The zero-order chi connectivity index (χ0) is 39.8. The Labute approximate surface area is 349 Å². The van der Waals surface area contributed by atoms with Crippen molar-refractivity contribution in [3.63, 3.8) is 0 Å². The van der Waals surface area contributed by atoms with Crippen LogP contribution in [0.3, 0.4) is 0 Å². The van der Waals surface area contributed by atoms with Crippen LogP contribution in [0.2, 0.25) is 0 Å². The molecular formula is C58H39NO. The van der Waals surface area contributed by atoms with E-state index >= 15 is 0 Å². The summed E-state index contributed by atoms with van der Waals surface area (Å²) in [6.07, 6.45) is 0. The van der Waals surface area contributed by atoms with Gasteiger partial charge in [-0.05, 0) is 91.9 Å². The quantitative estimate of drug-likeness (QED) is 0.153. The van der Waals surface area contributed by atoms with Crippen molar-refractivity contribution in [1.82, 2.24) is 0 Å². The van der Waals surface area contributed by atoms with Crippen molar-refractivity contribution in [2.45, 2.75) is 0 Å². The average molecular weight is 766 g/mol. The molecule has 0 amide bonds. The summed E-state index contributed by atoms with van der Waals surface area (Å²) in [6.45, 7) is 0. The van der Waals surface area contributed by atoms with Crippen molar-refractivity contribution in [2.24, 2.45) is 0 Å².